The number of hydrogen-bond acceptors (Lipinski definition) is 5. The summed E-state index contributed by atoms with van der Waals surface area (Å²) in [5.74, 6) is 0.585. The normalized spacial score (nSPS) is 10.9. The molecule has 2 N–H and O–H groups in total. The average molecular weight is 403 g/mol. The lowest BCUT2D eigenvalue weighted by molar-refractivity contribution is -0.384. The van der Waals surface area contributed by atoms with E-state index in [0.717, 1.165) is 4.47 Å². The number of nitrogens with one attached hydrogen (secondary N) is 2. The van der Waals surface area contributed by atoms with Gasteiger partial charge in [-0.05, 0) is 46.3 Å². The average Bonchev–Trinajstić information content (AvgIpc) is 3.24. The first kappa shape index (κ1) is 16.7. The molecule has 0 aliphatic heterocycles. The van der Waals surface area contributed by atoms with Crippen LogP contribution in [0.5, 0.6) is 0 Å². The minimum atomic E-state index is -0.463. The number of benzene rings is 1. The maximum atomic E-state index is 11.8. The van der Waals surface area contributed by atoms with Crippen LogP contribution in [-0.2, 0) is 0 Å². The van der Waals surface area contributed by atoms with Crippen molar-refractivity contribution in [1.82, 2.24) is 10.4 Å². The quantitative estimate of drug-likeness (QED) is 0.384. The zero-order valence-electron chi connectivity index (χ0n) is 12.6. The molecule has 0 unspecified atom stereocenters. The Labute approximate surface area is 149 Å². The molecule has 9 heteroatoms. The predicted molar refractivity (Wildman–Crippen MR) is 94.4 cm³/mol. The summed E-state index contributed by atoms with van der Waals surface area (Å²) in [5, 5.41) is 14.5. The lowest BCUT2D eigenvalue weighted by Crippen LogP contribution is -2.17. The van der Waals surface area contributed by atoms with Crippen molar-refractivity contribution in [3.8, 4) is 11.3 Å². The highest BCUT2D eigenvalue weighted by molar-refractivity contribution is 9.10. The Hall–Kier alpha value is -3.20. The SMILES string of the molecule is O=C(N/N=C\c1ccc(-c2ccc([N+](=O)[O-])cc2)o1)c1cc(Br)c[nH]1. The number of halogens is 1. The molecule has 3 aromatic rings. The van der Waals surface area contributed by atoms with E-state index in [2.05, 4.69) is 31.4 Å². The van der Waals surface area contributed by atoms with Crippen LogP contribution in [0.3, 0.4) is 0 Å². The van der Waals surface area contributed by atoms with Gasteiger partial charge in [0.15, 0.2) is 0 Å². The molecule has 126 valence electrons. The summed E-state index contributed by atoms with van der Waals surface area (Å²) in [6, 6.07) is 11.0. The van der Waals surface area contributed by atoms with Crippen molar-refractivity contribution in [3.05, 3.63) is 74.7 Å². The van der Waals surface area contributed by atoms with Crippen molar-refractivity contribution < 1.29 is 14.1 Å². The topological polar surface area (TPSA) is 114 Å². The van der Waals surface area contributed by atoms with E-state index in [1.54, 1.807) is 36.5 Å². The molecule has 0 bridgehead atoms. The number of nitro groups is 1. The van der Waals surface area contributed by atoms with Gasteiger partial charge in [0.2, 0.25) is 0 Å². The maximum absolute atomic E-state index is 11.8. The van der Waals surface area contributed by atoms with Crippen LogP contribution in [0, 0.1) is 10.1 Å². The highest BCUT2D eigenvalue weighted by atomic mass is 79.9. The summed E-state index contributed by atoms with van der Waals surface area (Å²) >= 11 is 3.24. The number of nitrogens with zero attached hydrogens (tertiary/aromatic N) is 2. The number of hydrazone groups is 1. The number of H-pyrrole nitrogens is 1. The van der Waals surface area contributed by atoms with Crippen molar-refractivity contribution in [2.45, 2.75) is 0 Å². The molecule has 3 rings (SSSR count). The van der Waals surface area contributed by atoms with Crippen LogP contribution in [0.1, 0.15) is 16.2 Å². The van der Waals surface area contributed by atoms with E-state index in [-0.39, 0.29) is 11.6 Å². The third-order valence-corrected chi connectivity index (χ3v) is 3.70. The van der Waals surface area contributed by atoms with Gasteiger partial charge in [0, 0.05) is 28.4 Å². The number of nitro benzene ring substituents is 1. The fourth-order valence-corrected chi connectivity index (χ4v) is 2.38. The molecular weight excluding hydrogens is 392 g/mol. The second kappa shape index (κ2) is 7.14. The van der Waals surface area contributed by atoms with E-state index in [9.17, 15) is 14.9 Å². The first-order chi connectivity index (χ1) is 12.0. The molecule has 0 radical (unpaired) electrons. The van der Waals surface area contributed by atoms with Crippen LogP contribution < -0.4 is 5.43 Å². The van der Waals surface area contributed by atoms with Gasteiger partial charge in [-0.2, -0.15) is 5.10 Å². The van der Waals surface area contributed by atoms with Gasteiger partial charge in [-0.15, -0.1) is 0 Å². The number of furan rings is 1. The molecule has 2 aromatic heterocycles. The zero-order valence-corrected chi connectivity index (χ0v) is 14.2. The van der Waals surface area contributed by atoms with Crippen LogP contribution in [0.4, 0.5) is 5.69 Å². The Morgan fingerprint density at radius 1 is 1.28 bits per heavy atom. The standard InChI is InChI=1S/C16H11BrN4O4/c17-11-7-14(18-8-11)16(22)20-19-9-13-5-6-15(25-13)10-1-3-12(4-2-10)21(23)24/h1-9,18H,(H,20,22)/b19-9-. The van der Waals surface area contributed by atoms with Gasteiger partial charge in [0.25, 0.3) is 11.6 Å². The summed E-state index contributed by atoms with van der Waals surface area (Å²) in [5.41, 5.74) is 3.45. The Bertz CT molecular complexity index is 943. The highest BCUT2D eigenvalue weighted by Gasteiger charge is 2.08. The van der Waals surface area contributed by atoms with Crippen molar-refractivity contribution in [1.29, 1.82) is 0 Å². The van der Waals surface area contributed by atoms with Crippen molar-refractivity contribution in [2.24, 2.45) is 5.10 Å². The third kappa shape index (κ3) is 4.01. The largest absolute Gasteiger partial charge is 0.455 e. The van der Waals surface area contributed by atoms with E-state index >= 15 is 0 Å². The summed E-state index contributed by atoms with van der Waals surface area (Å²) in [7, 11) is 0. The summed E-state index contributed by atoms with van der Waals surface area (Å²) in [6.07, 6.45) is 3.01. The van der Waals surface area contributed by atoms with Gasteiger partial charge < -0.3 is 9.40 Å². The van der Waals surface area contributed by atoms with Crippen LogP contribution in [0.15, 0.2) is 62.7 Å². The van der Waals surface area contributed by atoms with Crippen LogP contribution >= 0.6 is 15.9 Å². The Morgan fingerprint density at radius 2 is 2.04 bits per heavy atom. The first-order valence-corrected chi connectivity index (χ1v) is 7.84. The van der Waals surface area contributed by atoms with Crippen LogP contribution in [-0.4, -0.2) is 22.0 Å². The molecule has 1 aromatic carbocycles. The molecule has 1 amide bonds. The lowest BCUT2D eigenvalue weighted by atomic mass is 10.1. The molecule has 0 saturated carbocycles. The Balaban J connectivity index is 1.65. The number of rotatable bonds is 5. The van der Waals surface area contributed by atoms with Gasteiger partial charge in [-0.25, -0.2) is 5.43 Å². The molecule has 0 atom stereocenters. The number of aromatic amines is 1. The number of non-ortho nitro benzene ring substituents is 1. The van der Waals surface area contributed by atoms with Gasteiger partial charge in [-0.1, -0.05) is 0 Å². The van der Waals surface area contributed by atoms with Gasteiger partial charge >= 0.3 is 0 Å². The summed E-state index contributed by atoms with van der Waals surface area (Å²) in [6.45, 7) is 0. The number of carbonyl (C=O) groups is 1. The minimum absolute atomic E-state index is 0.00996. The molecule has 0 aliphatic carbocycles. The Morgan fingerprint density at radius 3 is 2.68 bits per heavy atom. The third-order valence-electron chi connectivity index (χ3n) is 3.24. The molecule has 0 saturated heterocycles. The summed E-state index contributed by atoms with van der Waals surface area (Å²) in [4.78, 5) is 24.8. The van der Waals surface area contributed by atoms with Gasteiger partial charge in [0.1, 0.15) is 17.2 Å². The molecular formula is C16H11BrN4O4. The molecule has 0 spiro atoms. The number of aromatic nitrogens is 1. The van der Waals surface area contributed by atoms with Gasteiger partial charge in [-0.3, -0.25) is 14.9 Å². The second-order valence-electron chi connectivity index (χ2n) is 4.94. The van der Waals surface area contributed by atoms with E-state index in [0.29, 0.717) is 22.8 Å². The van der Waals surface area contributed by atoms with Crippen LogP contribution in [0.25, 0.3) is 11.3 Å². The molecule has 2 heterocycles. The number of hydrogen-bond donors (Lipinski definition) is 2. The van der Waals surface area contributed by atoms with E-state index < -0.39 is 4.92 Å². The lowest BCUT2D eigenvalue weighted by Gasteiger charge is -1.97. The number of carbonyl (C=O) groups excluding carboxylic acids is 1. The first-order valence-electron chi connectivity index (χ1n) is 7.05. The predicted octanol–water partition coefficient (Wildman–Crippen LogP) is 3.71. The van der Waals surface area contributed by atoms with E-state index in [4.69, 9.17) is 4.42 Å². The fraction of sp³-hybridized carbons (Fsp3) is 0. The maximum Gasteiger partial charge on any atom is 0.287 e. The van der Waals surface area contributed by atoms with Crippen molar-refractivity contribution in [2.75, 3.05) is 0 Å². The zero-order chi connectivity index (χ0) is 17.8. The van der Waals surface area contributed by atoms with Gasteiger partial charge in [0.05, 0.1) is 11.1 Å². The fourth-order valence-electron chi connectivity index (χ4n) is 2.04. The molecule has 0 fully saturated rings. The van der Waals surface area contributed by atoms with Crippen LogP contribution in [0.2, 0.25) is 0 Å². The van der Waals surface area contributed by atoms with E-state index in [1.165, 1.54) is 18.3 Å². The molecule has 0 aliphatic rings. The van der Waals surface area contributed by atoms with Crippen molar-refractivity contribution in [3.63, 3.8) is 0 Å². The monoisotopic (exact) mass is 402 g/mol. The smallest absolute Gasteiger partial charge is 0.287 e. The van der Waals surface area contributed by atoms with E-state index in [1.807, 2.05) is 0 Å². The number of amides is 1. The minimum Gasteiger partial charge on any atom is -0.455 e. The molecule has 25 heavy (non-hydrogen) atoms. The highest BCUT2D eigenvalue weighted by Crippen LogP contribution is 2.24. The summed E-state index contributed by atoms with van der Waals surface area (Å²) < 4.78 is 6.34. The van der Waals surface area contributed by atoms with Crippen molar-refractivity contribution >= 4 is 33.7 Å². The second-order valence-corrected chi connectivity index (χ2v) is 5.85. The Kier molecular flexibility index (Phi) is 4.75. The molecule has 8 nitrogen and oxygen atoms in total.